The molecule has 12 aromatic rings. The number of para-hydroxylation sites is 4. The van der Waals surface area contributed by atoms with Crippen molar-refractivity contribution in [3.63, 3.8) is 0 Å². The first kappa shape index (κ1) is 31.6. The summed E-state index contributed by atoms with van der Waals surface area (Å²) in [5, 5.41) is 7.09. The van der Waals surface area contributed by atoms with Crippen molar-refractivity contribution in [3.8, 4) is 45.3 Å². The zero-order valence-electron chi connectivity index (χ0n) is 30.7. The van der Waals surface area contributed by atoms with E-state index in [-0.39, 0.29) is 0 Å². The molecule has 0 N–H and O–H groups in total. The number of rotatable bonds is 5. The van der Waals surface area contributed by atoms with Crippen LogP contribution in [0.3, 0.4) is 0 Å². The van der Waals surface area contributed by atoms with Gasteiger partial charge < -0.3 is 13.6 Å². The molecule has 4 heterocycles. The van der Waals surface area contributed by atoms with Crippen LogP contribution in [0.1, 0.15) is 0 Å². The predicted molar refractivity (Wildman–Crippen MR) is 234 cm³/mol. The summed E-state index contributed by atoms with van der Waals surface area (Å²) in [5.41, 5.74) is 13.3. The minimum Gasteiger partial charge on any atom is -0.456 e. The summed E-state index contributed by atoms with van der Waals surface area (Å²) in [5.74, 6) is 0.667. The van der Waals surface area contributed by atoms with E-state index in [0.717, 1.165) is 72.4 Å². The second-order valence-electron chi connectivity index (χ2n) is 14.6. The van der Waals surface area contributed by atoms with Crippen LogP contribution >= 0.6 is 0 Å². The maximum atomic E-state index is 6.27. The number of aromatic nitrogens is 4. The molecule has 0 atom stereocenters. The van der Waals surface area contributed by atoms with Crippen LogP contribution in [-0.2, 0) is 0 Å². The number of furan rings is 1. The molecule has 0 amide bonds. The standard InChI is InChI=1S/C52H32N4O/c1-3-13-33(14-4-1)44-32-45(35-25-28-41-40-19-9-12-22-50(40)57-51(41)29-35)54-52(53-44)34-23-26-37(27-24-34)56-47-21-11-8-18-39(47)43-30-48-42(31-49(43)56)38-17-7-10-20-46(38)55(48)36-15-5-2-6-16-36/h1-32H. The summed E-state index contributed by atoms with van der Waals surface area (Å²) in [6.45, 7) is 0. The lowest BCUT2D eigenvalue weighted by molar-refractivity contribution is 0.669. The summed E-state index contributed by atoms with van der Waals surface area (Å²) >= 11 is 0. The number of benzene rings is 8. The van der Waals surface area contributed by atoms with Gasteiger partial charge in [-0.1, -0.05) is 109 Å². The van der Waals surface area contributed by atoms with Gasteiger partial charge in [0.1, 0.15) is 11.2 Å². The zero-order valence-corrected chi connectivity index (χ0v) is 30.7. The highest BCUT2D eigenvalue weighted by atomic mass is 16.3. The van der Waals surface area contributed by atoms with E-state index < -0.39 is 0 Å². The Morgan fingerprint density at radius 1 is 0.316 bits per heavy atom. The van der Waals surface area contributed by atoms with Crippen molar-refractivity contribution in [3.05, 3.63) is 194 Å². The number of nitrogens with zero attached hydrogens (tertiary/aromatic N) is 4. The molecule has 0 saturated carbocycles. The molecule has 8 aromatic carbocycles. The topological polar surface area (TPSA) is 48.8 Å². The molecule has 266 valence electrons. The van der Waals surface area contributed by atoms with Crippen molar-refractivity contribution in [1.29, 1.82) is 0 Å². The first-order valence-electron chi connectivity index (χ1n) is 19.2. The molecule has 0 aliphatic rings. The quantitative estimate of drug-likeness (QED) is 0.177. The summed E-state index contributed by atoms with van der Waals surface area (Å²) in [7, 11) is 0. The predicted octanol–water partition coefficient (Wildman–Crippen LogP) is 13.6. The van der Waals surface area contributed by atoms with E-state index in [0.29, 0.717) is 5.82 Å². The molecule has 0 aliphatic carbocycles. The third-order valence-electron chi connectivity index (χ3n) is 11.3. The second kappa shape index (κ2) is 12.4. The number of fused-ring (bicyclic) bond motifs is 9. The van der Waals surface area contributed by atoms with Crippen LogP contribution in [0.4, 0.5) is 0 Å². The summed E-state index contributed by atoms with van der Waals surface area (Å²) in [4.78, 5) is 10.3. The lowest BCUT2D eigenvalue weighted by Gasteiger charge is -2.11. The Morgan fingerprint density at radius 3 is 1.49 bits per heavy atom. The van der Waals surface area contributed by atoms with Gasteiger partial charge in [0.15, 0.2) is 5.82 Å². The van der Waals surface area contributed by atoms with Crippen LogP contribution in [0.2, 0.25) is 0 Å². The van der Waals surface area contributed by atoms with Gasteiger partial charge in [-0.3, -0.25) is 0 Å². The summed E-state index contributed by atoms with van der Waals surface area (Å²) in [6.07, 6.45) is 0. The van der Waals surface area contributed by atoms with E-state index in [2.05, 4.69) is 167 Å². The molecule has 0 fully saturated rings. The average Bonchev–Trinajstić information content (AvgIpc) is 3.93. The van der Waals surface area contributed by atoms with Crippen molar-refractivity contribution in [2.75, 3.05) is 0 Å². The van der Waals surface area contributed by atoms with Crippen LogP contribution in [-0.4, -0.2) is 19.1 Å². The van der Waals surface area contributed by atoms with E-state index in [1.807, 2.05) is 36.4 Å². The minimum atomic E-state index is 0.667. The van der Waals surface area contributed by atoms with Crippen LogP contribution < -0.4 is 0 Å². The summed E-state index contributed by atoms with van der Waals surface area (Å²) in [6, 6.07) is 68.4. The maximum Gasteiger partial charge on any atom is 0.160 e. The third-order valence-corrected chi connectivity index (χ3v) is 11.3. The zero-order chi connectivity index (χ0) is 37.5. The molecule has 0 spiro atoms. The van der Waals surface area contributed by atoms with E-state index >= 15 is 0 Å². The lowest BCUT2D eigenvalue weighted by Crippen LogP contribution is -1.97. The Hall–Kier alpha value is -7.76. The molecule has 57 heavy (non-hydrogen) atoms. The van der Waals surface area contributed by atoms with E-state index in [1.54, 1.807) is 0 Å². The molecular formula is C52H32N4O. The van der Waals surface area contributed by atoms with Crippen molar-refractivity contribution in [2.24, 2.45) is 0 Å². The van der Waals surface area contributed by atoms with E-state index in [9.17, 15) is 0 Å². The SMILES string of the molecule is c1ccc(-c2cc(-c3ccc4c(c3)oc3ccccc34)nc(-c3ccc(-n4c5ccccc5c5cc6c(cc54)c4ccccc4n6-c4ccccc4)cc3)n2)cc1. The van der Waals surface area contributed by atoms with E-state index in [4.69, 9.17) is 14.4 Å². The highest BCUT2D eigenvalue weighted by Crippen LogP contribution is 2.40. The average molecular weight is 729 g/mol. The van der Waals surface area contributed by atoms with Crippen LogP contribution in [0.15, 0.2) is 199 Å². The Kier molecular flexibility index (Phi) is 6.86. The van der Waals surface area contributed by atoms with Crippen molar-refractivity contribution in [2.45, 2.75) is 0 Å². The molecule has 0 saturated heterocycles. The van der Waals surface area contributed by atoms with Gasteiger partial charge in [-0.15, -0.1) is 0 Å². The normalized spacial score (nSPS) is 11.9. The Morgan fingerprint density at radius 2 is 0.825 bits per heavy atom. The number of hydrogen-bond acceptors (Lipinski definition) is 3. The van der Waals surface area contributed by atoms with Crippen LogP contribution in [0, 0.1) is 0 Å². The fraction of sp³-hybridized carbons (Fsp3) is 0. The van der Waals surface area contributed by atoms with Crippen molar-refractivity contribution >= 4 is 65.6 Å². The highest BCUT2D eigenvalue weighted by molar-refractivity contribution is 6.19. The Bertz CT molecular complexity index is 3500. The molecule has 12 rings (SSSR count). The van der Waals surface area contributed by atoms with Crippen LogP contribution in [0.25, 0.3) is 111 Å². The van der Waals surface area contributed by atoms with Gasteiger partial charge >= 0.3 is 0 Å². The lowest BCUT2D eigenvalue weighted by atomic mass is 10.0. The van der Waals surface area contributed by atoms with Gasteiger partial charge in [-0.05, 0) is 84.9 Å². The fourth-order valence-electron chi connectivity index (χ4n) is 8.69. The van der Waals surface area contributed by atoms with Crippen molar-refractivity contribution < 1.29 is 4.42 Å². The van der Waals surface area contributed by atoms with E-state index in [1.165, 1.54) is 32.6 Å². The van der Waals surface area contributed by atoms with Gasteiger partial charge in [-0.2, -0.15) is 0 Å². The first-order chi connectivity index (χ1) is 28.2. The minimum absolute atomic E-state index is 0.667. The maximum absolute atomic E-state index is 6.27. The highest BCUT2D eigenvalue weighted by Gasteiger charge is 2.19. The largest absolute Gasteiger partial charge is 0.456 e. The molecule has 0 radical (unpaired) electrons. The smallest absolute Gasteiger partial charge is 0.160 e. The first-order valence-corrected chi connectivity index (χ1v) is 19.2. The van der Waals surface area contributed by atoms with Crippen LogP contribution in [0.5, 0.6) is 0 Å². The van der Waals surface area contributed by atoms with Gasteiger partial charge in [0, 0.05) is 60.4 Å². The Balaban J connectivity index is 1.02. The molecule has 0 aliphatic heterocycles. The second-order valence-corrected chi connectivity index (χ2v) is 14.6. The van der Waals surface area contributed by atoms with Gasteiger partial charge in [0.25, 0.3) is 0 Å². The Labute approximate surface area is 327 Å². The van der Waals surface area contributed by atoms with Crippen molar-refractivity contribution in [1.82, 2.24) is 19.1 Å². The molecule has 5 heteroatoms. The molecule has 5 nitrogen and oxygen atoms in total. The monoisotopic (exact) mass is 728 g/mol. The number of hydrogen-bond donors (Lipinski definition) is 0. The molecule has 0 unspecified atom stereocenters. The van der Waals surface area contributed by atoms with Gasteiger partial charge in [0.05, 0.1) is 33.5 Å². The molecular weight excluding hydrogens is 697 g/mol. The summed E-state index contributed by atoms with van der Waals surface area (Å²) < 4.78 is 11.0. The molecule has 0 bridgehead atoms. The van der Waals surface area contributed by atoms with Gasteiger partial charge in [0.2, 0.25) is 0 Å². The third kappa shape index (κ3) is 4.96. The fourth-order valence-corrected chi connectivity index (χ4v) is 8.69. The molecule has 4 aromatic heterocycles. The van der Waals surface area contributed by atoms with Gasteiger partial charge in [-0.25, -0.2) is 9.97 Å².